The molecule has 0 aliphatic carbocycles. The van der Waals surface area contributed by atoms with Gasteiger partial charge >= 0.3 is 0 Å². The normalized spacial score (nSPS) is 12.6. The van der Waals surface area contributed by atoms with E-state index in [2.05, 4.69) is 15.9 Å². The van der Waals surface area contributed by atoms with Crippen molar-refractivity contribution in [3.8, 4) is 0 Å². The number of aliphatic hydroxyl groups is 1. The van der Waals surface area contributed by atoms with Crippen LogP contribution in [0.5, 0.6) is 0 Å². The van der Waals surface area contributed by atoms with Crippen molar-refractivity contribution in [2.24, 2.45) is 0 Å². The Labute approximate surface area is 124 Å². The van der Waals surface area contributed by atoms with E-state index in [1.807, 2.05) is 42.5 Å². The zero-order chi connectivity index (χ0) is 14.1. The van der Waals surface area contributed by atoms with Gasteiger partial charge in [-0.2, -0.15) is 0 Å². The lowest BCUT2D eigenvalue weighted by Crippen LogP contribution is -2.02. The van der Waals surface area contributed by atoms with Crippen LogP contribution in [0.1, 0.15) is 17.2 Å². The first-order valence-electron chi connectivity index (χ1n) is 6.27. The molecule has 0 fully saturated rings. The monoisotopic (exact) mass is 330 g/mol. The summed E-state index contributed by atoms with van der Waals surface area (Å²) in [6.07, 6.45) is -0.965. The molecule has 3 aromatic carbocycles. The average Bonchev–Trinajstić information content (AvgIpc) is 2.46. The maximum atomic E-state index is 13.9. The molecule has 100 valence electrons. The Hall–Kier alpha value is -1.71. The zero-order valence-corrected chi connectivity index (χ0v) is 12.1. The quantitative estimate of drug-likeness (QED) is 0.714. The SMILES string of the molecule is OC(c1ccc2ccccc2c1)c1ccc(Br)cc1F. The second-order valence-corrected chi connectivity index (χ2v) is 5.59. The van der Waals surface area contributed by atoms with Crippen molar-refractivity contribution in [2.45, 2.75) is 6.10 Å². The highest BCUT2D eigenvalue weighted by molar-refractivity contribution is 9.10. The predicted octanol–water partition coefficient (Wildman–Crippen LogP) is 4.82. The number of benzene rings is 3. The Morgan fingerprint density at radius 2 is 1.65 bits per heavy atom. The summed E-state index contributed by atoms with van der Waals surface area (Å²) in [4.78, 5) is 0. The van der Waals surface area contributed by atoms with Crippen molar-refractivity contribution in [3.63, 3.8) is 0 Å². The third kappa shape index (κ3) is 2.47. The molecule has 3 rings (SSSR count). The summed E-state index contributed by atoms with van der Waals surface area (Å²) in [6.45, 7) is 0. The number of hydrogen-bond donors (Lipinski definition) is 1. The van der Waals surface area contributed by atoms with E-state index >= 15 is 0 Å². The Morgan fingerprint density at radius 3 is 2.40 bits per heavy atom. The summed E-state index contributed by atoms with van der Waals surface area (Å²) in [6, 6.07) is 18.2. The van der Waals surface area contributed by atoms with Crippen LogP contribution < -0.4 is 0 Å². The molecule has 20 heavy (non-hydrogen) atoms. The van der Waals surface area contributed by atoms with Crippen LogP contribution in [0.15, 0.2) is 65.1 Å². The van der Waals surface area contributed by atoms with Gasteiger partial charge in [0.2, 0.25) is 0 Å². The Balaban J connectivity index is 2.05. The first-order valence-corrected chi connectivity index (χ1v) is 7.06. The maximum Gasteiger partial charge on any atom is 0.130 e. The molecule has 0 saturated carbocycles. The van der Waals surface area contributed by atoms with Crippen molar-refractivity contribution in [1.29, 1.82) is 0 Å². The van der Waals surface area contributed by atoms with E-state index in [0.29, 0.717) is 10.0 Å². The molecule has 0 radical (unpaired) electrons. The fourth-order valence-electron chi connectivity index (χ4n) is 2.28. The van der Waals surface area contributed by atoms with E-state index < -0.39 is 11.9 Å². The number of aliphatic hydroxyl groups excluding tert-OH is 1. The second kappa shape index (κ2) is 5.35. The van der Waals surface area contributed by atoms with Gasteiger partial charge in [0, 0.05) is 10.0 Å². The topological polar surface area (TPSA) is 20.2 Å². The smallest absolute Gasteiger partial charge is 0.130 e. The van der Waals surface area contributed by atoms with E-state index in [1.165, 1.54) is 6.07 Å². The average molecular weight is 331 g/mol. The van der Waals surface area contributed by atoms with Crippen LogP contribution in [0, 0.1) is 5.82 Å². The van der Waals surface area contributed by atoms with Crippen LogP contribution >= 0.6 is 15.9 Å². The van der Waals surface area contributed by atoms with Crippen molar-refractivity contribution in [3.05, 3.63) is 82.1 Å². The highest BCUT2D eigenvalue weighted by atomic mass is 79.9. The molecule has 0 bridgehead atoms. The minimum absolute atomic E-state index is 0.281. The van der Waals surface area contributed by atoms with Crippen molar-refractivity contribution >= 4 is 26.7 Å². The van der Waals surface area contributed by atoms with Crippen LogP contribution in [-0.2, 0) is 0 Å². The third-order valence-corrected chi connectivity index (χ3v) is 3.84. The highest BCUT2D eigenvalue weighted by Gasteiger charge is 2.15. The lowest BCUT2D eigenvalue weighted by Gasteiger charge is -2.13. The lowest BCUT2D eigenvalue weighted by atomic mass is 9.98. The fraction of sp³-hybridized carbons (Fsp3) is 0.0588. The summed E-state index contributed by atoms with van der Waals surface area (Å²) in [5.41, 5.74) is 0.966. The summed E-state index contributed by atoms with van der Waals surface area (Å²) >= 11 is 3.21. The van der Waals surface area contributed by atoms with Crippen LogP contribution in [0.4, 0.5) is 4.39 Å². The summed E-state index contributed by atoms with van der Waals surface area (Å²) in [5.74, 6) is -0.417. The molecule has 0 saturated heterocycles. The number of hydrogen-bond acceptors (Lipinski definition) is 1. The molecule has 3 heteroatoms. The molecule has 0 heterocycles. The molecule has 0 spiro atoms. The van der Waals surface area contributed by atoms with Gasteiger partial charge in [-0.1, -0.05) is 58.4 Å². The fourth-order valence-corrected chi connectivity index (χ4v) is 2.61. The first kappa shape index (κ1) is 13.3. The van der Waals surface area contributed by atoms with E-state index in [1.54, 1.807) is 12.1 Å². The third-order valence-electron chi connectivity index (χ3n) is 3.35. The van der Waals surface area contributed by atoms with Crippen LogP contribution in [0.2, 0.25) is 0 Å². The molecule has 0 aliphatic rings. The Bertz CT molecular complexity index is 770. The van der Waals surface area contributed by atoms with Crippen LogP contribution in [0.25, 0.3) is 10.8 Å². The molecule has 1 atom stereocenters. The largest absolute Gasteiger partial charge is 0.384 e. The second-order valence-electron chi connectivity index (χ2n) is 4.67. The van der Waals surface area contributed by atoms with Gasteiger partial charge in [-0.05, 0) is 34.5 Å². The number of fused-ring (bicyclic) bond motifs is 1. The summed E-state index contributed by atoms with van der Waals surface area (Å²) in [5, 5.41) is 12.5. The minimum Gasteiger partial charge on any atom is -0.384 e. The van der Waals surface area contributed by atoms with Crippen molar-refractivity contribution in [1.82, 2.24) is 0 Å². The molecular weight excluding hydrogens is 319 g/mol. The summed E-state index contributed by atoms with van der Waals surface area (Å²) < 4.78 is 14.6. The van der Waals surface area contributed by atoms with E-state index in [9.17, 15) is 9.50 Å². The van der Waals surface area contributed by atoms with Crippen LogP contribution in [-0.4, -0.2) is 5.11 Å². The van der Waals surface area contributed by atoms with Crippen LogP contribution in [0.3, 0.4) is 0 Å². The van der Waals surface area contributed by atoms with E-state index in [-0.39, 0.29) is 5.56 Å². The number of rotatable bonds is 2. The molecule has 0 aliphatic heterocycles. The van der Waals surface area contributed by atoms with E-state index in [4.69, 9.17) is 0 Å². The van der Waals surface area contributed by atoms with Gasteiger partial charge in [0.25, 0.3) is 0 Å². The first-order chi connectivity index (χ1) is 9.65. The predicted molar refractivity (Wildman–Crippen MR) is 82.1 cm³/mol. The maximum absolute atomic E-state index is 13.9. The van der Waals surface area contributed by atoms with Gasteiger partial charge in [-0.15, -0.1) is 0 Å². The zero-order valence-electron chi connectivity index (χ0n) is 10.6. The number of halogens is 2. The van der Waals surface area contributed by atoms with Crippen molar-refractivity contribution < 1.29 is 9.50 Å². The molecular formula is C17H12BrFO. The Kier molecular flexibility index (Phi) is 3.55. The molecule has 0 aromatic heterocycles. The molecule has 1 nitrogen and oxygen atoms in total. The minimum atomic E-state index is -0.965. The Morgan fingerprint density at radius 1 is 0.900 bits per heavy atom. The molecule has 1 N–H and O–H groups in total. The van der Waals surface area contributed by atoms with Gasteiger partial charge in [-0.3, -0.25) is 0 Å². The highest BCUT2D eigenvalue weighted by Crippen LogP contribution is 2.28. The van der Waals surface area contributed by atoms with Gasteiger partial charge in [0.05, 0.1) is 0 Å². The summed E-state index contributed by atoms with van der Waals surface area (Å²) in [7, 11) is 0. The molecule has 0 amide bonds. The molecule has 3 aromatic rings. The van der Waals surface area contributed by atoms with Gasteiger partial charge in [0.1, 0.15) is 11.9 Å². The van der Waals surface area contributed by atoms with Gasteiger partial charge < -0.3 is 5.11 Å². The van der Waals surface area contributed by atoms with Gasteiger partial charge in [0.15, 0.2) is 0 Å². The van der Waals surface area contributed by atoms with E-state index in [0.717, 1.165) is 10.8 Å². The lowest BCUT2D eigenvalue weighted by molar-refractivity contribution is 0.215. The standard InChI is InChI=1S/C17H12BrFO/c18-14-7-8-15(16(19)10-14)17(20)13-6-5-11-3-1-2-4-12(11)9-13/h1-10,17,20H. The molecule has 1 unspecified atom stereocenters. The van der Waals surface area contributed by atoms with Crippen molar-refractivity contribution in [2.75, 3.05) is 0 Å². The van der Waals surface area contributed by atoms with Gasteiger partial charge in [-0.25, -0.2) is 4.39 Å².